The number of allylic oxidation sites excluding steroid dienone is 1. The van der Waals surface area contributed by atoms with Gasteiger partial charge in [0.05, 0.1) is 25.9 Å². The second-order valence-corrected chi connectivity index (χ2v) is 19.3. The van der Waals surface area contributed by atoms with Crippen LogP contribution in [-0.4, -0.2) is 51.2 Å². The maximum absolute atomic E-state index is 12.7. The molecule has 10 heteroatoms. The molecule has 1 aromatic carbocycles. The third-order valence-corrected chi connectivity index (χ3v) is 10.1. The fourth-order valence-electron chi connectivity index (χ4n) is 3.97. The van der Waals surface area contributed by atoms with Gasteiger partial charge < -0.3 is 28.4 Å². The first-order chi connectivity index (χ1) is 17.5. The number of cyclic esters (lactones) is 1. The number of rotatable bonds is 15. The number of hydrogen-bond donors (Lipinski definition) is 1. The van der Waals surface area contributed by atoms with E-state index in [1.165, 1.54) is 0 Å². The normalized spacial score (nSPS) is 15.9. The monoisotopic (exact) mass is 570 g/mol. The van der Waals surface area contributed by atoms with Gasteiger partial charge in [0.1, 0.15) is 30.0 Å². The molecule has 1 aliphatic heterocycles. The van der Waals surface area contributed by atoms with Gasteiger partial charge in [-0.1, -0.05) is 46.5 Å². The number of methoxy groups -OCH3 is 1. The van der Waals surface area contributed by atoms with Gasteiger partial charge in [0, 0.05) is 19.2 Å². The minimum Gasteiger partial charge on any atom is -0.496 e. The number of carbonyl (C=O) groups is 1. The lowest BCUT2D eigenvalue weighted by Gasteiger charge is -2.31. The van der Waals surface area contributed by atoms with E-state index in [0.717, 1.165) is 28.3 Å². The van der Waals surface area contributed by atoms with Crippen molar-refractivity contribution in [2.45, 2.75) is 92.3 Å². The number of ether oxygens (including phenoxy) is 4. The average molecular weight is 571 g/mol. The molecule has 0 bridgehead atoms. The summed E-state index contributed by atoms with van der Waals surface area (Å²) < 4.78 is 41.2. The van der Waals surface area contributed by atoms with E-state index in [9.17, 15) is 14.3 Å². The van der Waals surface area contributed by atoms with Crippen molar-refractivity contribution in [3.05, 3.63) is 33.9 Å². The van der Waals surface area contributed by atoms with Crippen LogP contribution in [0.2, 0.25) is 25.7 Å². The summed E-state index contributed by atoms with van der Waals surface area (Å²) in [5.41, 5.74) is 3.16. The molecule has 1 aliphatic rings. The van der Waals surface area contributed by atoms with Crippen LogP contribution in [0.4, 0.5) is 0 Å². The first kappa shape index (κ1) is 32.6. The number of esters is 1. The predicted molar refractivity (Wildman–Crippen MR) is 153 cm³/mol. The van der Waals surface area contributed by atoms with Gasteiger partial charge in [-0.2, -0.15) is 0 Å². The van der Waals surface area contributed by atoms with E-state index in [4.69, 9.17) is 23.5 Å². The molecule has 1 aromatic rings. The molecule has 1 unspecified atom stereocenters. The van der Waals surface area contributed by atoms with Crippen LogP contribution in [-0.2, 0) is 31.6 Å². The zero-order valence-electron chi connectivity index (χ0n) is 24.9. The summed E-state index contributed by atoms with van der Waals surface area (Å²) in [6.45, 7) is 19.2. The van der Waals surface area contributed by atoms with Gasteiger partial charge in [0.25, 0.3) is 0 Å². The number of fused-ring (bicyclic) bond motifs is 1. The Morgan fingerprint density at radius 3 is 2.45 bits per heavy atom. The molecule has 1 N–H and O–H groups in total. The summed E-state index contributed by atoms with van der Waals surface area (Å²) in [4.78, 5) is 23.0. The Balaban J connectivity index is 2.28. The van der Waals surface area contributed by atoms with E-state index in [2.05, 4.69) is 19.6 Å². The predicted octanol–water partition coefficient (Wildman–Crippen LogP) is 6.88. The topological polar surface area (TPSA) is 101 Å². The van der Waals surface area contributed by atoms with Gasteiger partial charge in [-0.25, -0.2) is 4.79 Å². The molecule has 0 spiro atoms. The minimum atomic E-state index is -3.92. The first-order valence-electron chi connectivity index (χ1n) is 13.3. The highest BCUT2D eigenvalue weighted by molar-refractivity contribution is 7.52. The minimum absolute atomic E-state index is 0.0688. The molecule has 1 heterocycles. The van der Waals surface area contributed by atoms with Crippen LogP contribution in [0.25, 0.3) is 0 Å². The smallest absolute Gasteiger partial charge is 0.354 e. The third-order valence-electron chi connectivity index (χ3n) is 7.08. The Labute approximate surface area is 229 Å². The lowest BCUT2D eigenvalue weighted by molar-refractivity contribution is 0.0369. The van der Waals surface area contributed by atoms with Crippen molar-refractivity contribution in [3.8, 4) is 11.5 Å². The Morgan fingerprint density at radius 1 is 1.24 bits per heavy atom. The van der Waals surface area contributed by atoms with Crippen LogP contribution < -0.4 is 9.47 Å². The van der Waals surface area contributed by atoms with Gasteiger partial charge in [-0.3, -0.25) is 4.57 Å². The first-order valence-corrected chi connectivity index (χ1v) is 18.8. The number of hydrogen-bond acceptors (Lipinski definition) is 7. The highest BCUT2D eigenvalue weighted by Gasteiger charge is 2.34. The van der Waals surface area contributed by atoms with Crippen molar-refractivity contribution in [1.82, 2.24) is 0 Å². The third kappa shape index (κ3) is 8.68. The summed E-state index contributed by atoms with van der Waals surface area (Å²) in [5, 5.41) is 0. The fraction of sp³-hybridized carbons (Fsp3) is 0.679. The Hall–Kier alpha value is -1.64. The molecule has 0 saturated carbocycles. The maximum atomic E-state index is 12.7. The fourth-order valence-corrected chi connectivity index (χ4v) is 6.01. The van der Waals surface area contributed by atoms with Crippen molar-refractivity contribution >= 4 is 21.6 Å². The van der Waals surface area contributed by atoms with E-state index in [1.807, 2.05) is 33.8 Å². The SMILES string of the molecule is CCC(=CCc1c(OC)c(C)c2c(c1OCC[Si](C)(C)C)C(=O)OC2)COCP(=O)(O)OC(C)(C)C(C)C. The van der Waals surface area contributed by atoms with Gasteiger partial charge in [-0.05, 0) is 56.7 Å². The van der Waals surface area contributed by atoms with Crippen LogP contribution in [0.15, 0.2) is 11.6 Å². The van der Waals surface area contributed by atoms with E-state index >= 15 is 0 Å². The maximum Gasteiger partial charge on any atom is 0.354 e. The molecule has 8 nitrogen and oxygen atoms in total. The molecule has 216 valence electrons. The quantitative estimate of drug-likeness (QED) is 0.105. The Kier molecular flexibility index (Phi) is 11.3. The van der Waals surface area contributed by atoms with E-state index in [1.54, 1.807) is 21.0 Å². The van der Waals surface area contributed by atoms with Crippen molar-refractivity contribution in [2.75, 3.05) is 26.7 Å². The summed E-state index contributed by atoms with van der Waals surface area (Å²) in [6.07, 6.45) is 2.76. The van der Waals surface area contributed by atoms with Crippen LogP contribution in [0.5, 0.6) is 11.5 Å². The second kappa shape index (κ2) is 13.1. The van der Waals surface area contributed by atoms with Crippen LogP contribution in [0, 0.1) is 12.8 Å². The molecule has 0 fully saturated rings. The average Bonchev–Trinajstić information content (AvgIpc) is 3.18. The molecule has 0 aromatic heterocycles. The van der Waals surface area contributed by atoms with E-state index < -0.39 is 27.6 Å². The molecular formula is C28H47O8PSi. The summed E-state index contributed by atoms with van der Waals surface area (Å²) in [6, 6.07) is 0.952. The molecule has 1 atom stereocenters. The zero-order valence-corrected chi connectivity index (χ0v) is 26.8. The van der Waals surface area contributed by atoms with Crippen LogP contribution in [0.1, 0.15) is 68.1 Å². The second-order valence-electron chi connectivity index (χ2n) is 11.9. The molecule has 0 saturated heterocycles. The highest BCUT2D eigenvalue weighted by Crippen LogP contribution is 2.48. The van der Waals surface area contributed by atoms with Crippen molar-refractivity contribution in [3.63, 3.8) is 0 Å². The Bertz CT molecular complexity index is 1070. The molecule has 38 heavy (non-hydrogen) atoms. The van der Waals surface area contributed by atoms with Gasteiger partial charge >= 0.3 is 13.6 Å². The summed E-state index contributed by atoms with van der Waals surface area (Å²) in [5.74, 6) is 0.905. The highest BCUT2D eigenvalue weighted by atomic mass is 31.2. The van der Waals surface area contributed by atoms with E-state index in [-0.39, 0.29) is 25.1 Å². The molecule has 0 radical (unpaired) electrons. The molecule has 0 amide bonds. The Morgan fingerprint density at radius 2 is 1.89 bits per heavy atom. The van der Waals surface area contributed by atoms with Gasteiger partial charge in [-0.15, -0.1) is 0 Å². The summed E-state index contributed by atoms with van der Waals surface area (Å²) >= 11 is 0. The molecular weight excluding hydrogens is 523 g/mol. The van der Waals surface area contributed by atoms with Crippen LogP contribution in [0.3, 0.4) is 0 Å². The van der Waals surface area contributed by atoms with Gasteiger partial charge in [0.2, 0.25) is 0 Å². The lowest BCUT2D eigenvalue weighted by Crippen LogP contribution is -2.30. The lowest BCUT2D eigenvalue weighted by atomic mass is 9.94. The van der Waals surface area contributed by atoms with Crippen molar-refractivity contribution < 1.29 is 37.7 Å². The number of carbonyl (C=O) groups excluding carboxylic acids is 1. The van der Waals surface area contributed by atoms with Gasteiger partial charge in [0.15, 0.2) is 0 Å². The van der Waals surface area contributed by atoms with Crippen molar-refractivity contribution in [1.29, 1.82) is 0 Å². The molecule has 0 aliphatic carbocycles. The standard InChI is InChI=1S/C28H47O8PSi/c1-11-21(16-33-18-37(30,31)36-28(5,6)19(2)3)12-13-22-25(32-7)20(4)23-17-35-27(29)24(23)26(22)34-14-15-38(8,9)10/h12,19H,11,13-18H2,1-10H3,(H,30,31). The zero-order chi connectivity index (χ0) is 28.9. The van der Waals surface area contributed by atoms with Crippen LogP contribution >= 0.6 is 7.60 Å². The van der Waals surface area contributed by atoms with Crippen molar-refractivity contribution in [2.24, 2.45) is 5.92 Å². The largest absolute Gasteiger partial charge is 0.496 e. The number of benzene rings is 1. The molecule has 2 rings (SSSR count). The summed E-state index contributed by atoms with van der Waals surface area (Å²) in [7, 11) is -3.65. The van der Waals surface area contributed by atoms with E-state index in [0.29, 0.717) is 36.5 Å².